The first-order chi connectivity index (χ1) is 17.7. The van der Waals surface area contributed by atoms with E-state index in [1.807, 2.05) is 65.6 Å². The molecule has 36 heavy (non-hydrogen) atoms. The zero-order valence-corrected chi connectivity index (χ0v) is 19.9. The molecule has 178 valence electrons. The minimum Gasteiger partial charge on any atom is -0.339 e. The van der Waals surface area contributed by atoms with Gasteiger partial charge in [0, 0.05) is 42.2 Å². The number of aromatic amines is 1. The van der Waals surface area contributed by atoms with Crippen LogP contribution in [0.3, 0.4) is 0 Å². The molecule has 1 aliphatic heterocycles. The number of likely N-dealkylation sites (tertiary alicyclic amines) is 1. The van der Waals surface area contributed by atoms with E-state index >= 15 is 0 Å². The Bertz CT molecular complexity index is 1460. The summed E-state index contributed by atoms with van der Waals surface area (Å²) in [6, 6.07) is 24.5. The molecule has 1 aliphatic rings. The molecule has 1 fully saturated rings. The van der Waals surface area contributed by atoms with Gasteiger partial charge in [0.2, 0.25) is 0 Å². The molecule has 5 rings (SSSR count). The van der Waals surface area contributed by atoms with Gasteiger partial charge >= 0.3 is 0 Å². The molecule has 0 spiro atoms. The van der Waals surface area contributed by atoms with Gasteiger partial charge in [-0.25, -0.2) is 0 Å². The Morgan fingerprint density at radius 3 is 2.42 bits per heavy atom. The number of aromatic nitrogens is 2. The maximum Gasteiger partial charge on any atom is 0.256 e. The van der Waals surface area contributed by atoms with Gasteiger partial charge in [-0.15, -0.1) is 0 Å². The van der Waals surface area contributed by atoms with Crippen LogP contribution in [0.25, 0.3) is 22.4 Å². The van der Waals surface area contributed by atoms with Gasteiger partial charge in [0.05, 0.1) is 22.9 Å². The number of carbonyl (C=O) groups is 1. The second-order valence-corrected chi connectivity index (χ2v) is 9.06. The zero-order valence-electron chi connectivity index (χ0n) is 19.9. The molecule has 0 saturated carbocycles. The normalized spacial score (nSPS) is 13.8. The Balaban J connectivity index is 1.48. The standard InChI is InChI=1S/C30H26N4O2/c31-19-23-10-4-5-11-24(23)28-25(26(20-33-29(28)35)27-12-6-7-15-32-27)18-21-13-16-34(17-14-21)30(36)22-8-2-1-3-9-22/h1-12,15,20-21H,13-14,16-18H2,(H,33,35). The summed E-state index contributed by atoms with van der Waals surface area (Å²) < 4.78 is 0. The fourth-order valence-electron chi connectivity index (χ4n) is 5.01. The number of amides is 1. The van der Waals surface area contributed by atoms with E-state index in [4.69, 9.17) is 0 Å². The number of nitrogens with zero attached hydrogens (tertiary/aromatic N) is 3. The monoisotopic (exact) mass is 474 g/mol. The number of pyridine rings is 2. The Morgan fingerprint density at radius 1 is 0.972 bits per heavy atom. The Morgan fingerprint density at radius 2 is 1.69 bits per heavy atom. The molecule has 0 unspecified atom stereocenters. The third-order valence-electron chi connectivity index (χ3n) is 6.87. The molecule has 6 heteroatoms. The number of piperidine rings is 1. The summed E-state index contributed by atoms with van der Waals surface area (Å²) in [5.74, 6) is 0.352. The van der Waals surface area contributed by atoms with Gasteiger partial charge in [-0.1, -0.05) is 42.5 Å². The van der Waals surface area contributed by atoms with Gasteiger partial charge in [-0.05, 0) is 61.1 Å². The van der Waals surface area contributed by atoms with E-state index in [1.165, 1.54) is 0 Å². The lowest BCUT2D eigenvalue weighted by Gasteiger charge is -2.32. The number of benzene rings is 2. The Hall–Kier alpha value is -4.50. The van der Waals surface area contributed by atoms with Crippen LogP contribution in [0, 0.1) is 17.2 Å². The second kappa shape index (κ2) is 10.4. The van der Waals surface area contributed by atoms with Crippen molar-refractivity contribution in [2.24, 2.45) is 5.92 Å². The van der Waals surface area contributed by atoms with Crippen molar-refractivity contribution in [1.82, 2.24) is 14.9 Å². The lowest BCUT2D eigenvalue weighted by molar-refractivity contribution is 0.0690. The minimum absolute atomic E-state index is 0.0583. The topological polar surface area (TPSA) is 89.8 Å². The van der Waals surface area contributed by atoms with E-state index in [2.05, 4.69) is 16.0 Å². The van der Waals surface area contributed by atoms with Crippen LogP contribution in [0.5, 0.6) is 0 Å². The third kappa shape index (κ3) is 4.69. The number of carbonyl (C=O) groups excluding carboxylic acids is 1. The molecule has 1 N–H and O–H groups in total. The molecule has 0 radical (unpaired) electrons. The zero-order chi connectivity index (χ0) is 24.9. The molecule has 0 atom stereocenters. The van der Waals surface area contributed by atoms with E-state index in [9.17, 15) is 14.9 Å². The van der Waals surface area contributed by atoms with Crippen molar-refractivity contribution in [3.63, 3.8) is 0 Å². The van der Waals surface area contributed by atoms with Crippen molar-refractivity contribution >= 4 is 5.91 Å². The first-order valence-electron chi connectivity index (χ1n) is 12.2. The molecule has 0 aliphatic carbocycles. The Labute approximate surface area is 209 Å². The van der Waals surface area contributed by atoms with E-state index in [-0.39, 0.29) is 11.5 Å². The lowest BCUT2D eigenvalue weighted by atomic mass is 9.84. The highest BCUT2D eigenvalue weighted by molar-refractivity contribution is 5.94. The summed E-state index contributed by atoms with van der Waals surface area (Å²) in [4.78, 5) is 35.4. The number of hydrogen-bond acceptors (Lipinski definition) is 4. The van der Waals surface area contributed by atoms with E-state index in [0.717, 1.165) is 29.7 Å². The predicted molar refractivity (Wildman–Crippen MR) is 139 cm³/mol. The highest BCUT2D eigenvalue weighted by Gasteiger charge is 2.27. The number of nitriles is 1. The van der Waals surface area contributed by atoms with Crippen LogP contribution >= 0.6 is 0 Å². The van der Waals surface area contributed by atoms with Gasteiger partial charge in [-0.3, -0.25) is 14.6 Å². The summed E-state index contributed by atoms with van der Waals surface area (Å²) in [5, 5.41) is 9.73. The summed E-state index contributed by atoms with van der Waals surface area (Å²) in [6.07, 6.45) is 5.81. The average molecular weight is 475 g/mol. The fraction of sp³-hybridized carbons (Fsp3) is 0.200. The predicted octanol–water partition coefficient (Wildman–Crippen LogP) is 5.07. The fourth-order valence-corrected chi connectivity index (χ4v) is 5.01. The van der Waals surface area contributed by atoms with Crippen LogP contribution in [-0.2, 0) is 6.42 Å². The highest BCUT2D eigenvalue weighted by atomic mass is 16.2. The van der Waals surface area contributed by atoms with Crippen molar-refractivity contribution in [3.05, 3.63) is 112 Å². The first kappa shape index (κ1) is 23.3. The van der Waals surface area contributed by atoms with Crippen molar-refractivity contribution in [3.8, 4) is 28.5 Å². The minimum atomic E-state index is -0.218. The molecule has 2 aromatic heterocycles. The molecule has 0 bridgehead atoms. The maximum atomic E-state index is 13.2. The summed E-state index contributed by atoms with van der Waals surface area (Å²) >= 11 is 0. The molecule has 6 nitrogen and oxygen atoms in total. The van der Waals surface area contributed by atoms with Crippen molar-refractivity contribution in [2.45, 2.75) is 19.3 Å². The first-order valence-corrected chi connectivity index (χ1v) is 12.2. The van der Waals surface area contributed by atoms with E-state index in [0.29, 0.717) is 47.7 Å². The number of rotatable bonds is 5. The van der Waals surface area contributed by atoms with Crippen LogP contribution < -0.4 is 5.56 Å². The molecular weight excluding hydrogens is 448 g/mol. The van der Waals surface area contributed by atoms with Crippen LogP contribution in [0.1, 0.15) is 34.3 Å². The maximum absolute atomic E-state index is 13.2. The van der Waals surface area contributed by atoms with Gasteiger partial charge < -0.3 is 9.88 Å². The van der Waals surface area contributed by atoms with Crippen LogP contribution in [-0.4, -0.2) is 33.9 Å². The van der Waals surface area contributed by atoms with Crippen molar-refractivity contribution in [2.75, 3.05) is 13.1 Å². The highest BCUT2D eigenvalue weighted by Crippen LogP contribution is 2.34. The van der Waals surface area contributed by atoms with Crippen molar-refractivity contribution in [1.29, 1.82) is 5.26 Å². The van der Waals surface area contributed by atoms with Crippen molar-refractivity contribution < 1.29 is 4.79 Å². The second-order valence-electron chi connectivity index (χ2n) is 9.06. The summed E-state index contributed by atoms with van der Waals surface area (Å²) in [6.45, 7) is 1.34. The quantitative estimate of drug-likeness (QED) is 0.437. The van der Waals surface area contributed by atoms with Gasteiger partial charge in [0.15, 0.2) is 0 Å². The molecule has 3 heterocycles. The van der Waals surface area contributed by atoms with E-state index < -0.39 is 0 Å². The van der Waals surface area contributed by atoms with Gasteiger partial charge in [-0.2, -0.15) is 5.26 Å². The number of hydrogen-bond donors (Lipinski definition) is 1. The summed E-state index contributed by atoms with van der Waals surface area (Å²) in [7, 11) is 0. The Kier molecular flexibility index (Phi) is 6.72. The van der Waals surface area contributed by atoms with Crippen LogP contribution in [0.4, 0.5) is 0 Å². The third-order valence-corrected chi connectivity index (χ3v) is 6.87. The largest absolute Gasteiger partial charge is 0.339 e. The van der Waals surface area contributed by atoms with Gasteiger partial charge in [0.25, 0.3) is 11.5 Å². The van der Waals surface area contributed by atoms with Gasteiger partial charge in [0.1, 0.15) is 0 Å². The molecule has 1 saturated heterocycles. The lowest BCUT2D eigenvalue weighted by Crippen LogP contribution is -2.39. The smallest absolute Gasteiger partial charge is 0.256 e. The number of H-pyrrole nitrogens is 1. The number of nitrogens with one attached hydrogen (secondary N) is 1. The molecule has 2 aromatic carbocycles. The SMILES string of the molecule is N#Cc1ccccc1-c1c(CC2CCN(C(=O)c3ccccc3)CC2)c(-c2ccccn2)c[nH]c1=O. The molecule has 4 aromatic rings. The van der Waals surface area contributed by atoms with Crippen LogP contribution in [0.2, 0.25) is 0 Å². The molecule has 1 amide bonds. The van der Waals surface area contributed by atoms with E-state index in [1.54, 1.807) is 24.5 Å². The van der Waals surface area contributed by atoms with Crippen LogP contribution in [0.15, 0.2) is 90.0 Å². The average Bonchev–Trinajstić information content (AvgIpc) is 2.94. The summed E-state index contributed by atoms with van der Waals surface area (Å²) in [5.41, 5.74) is 4.64. The molecular formula is C30H26N4O2.